The molecule has 26 heavy (non-hydrogen) atoms. The second kappa shape index (κ2) is 9.98. The van der Waals surface area contributed by atoms with Gasteiger partial charge < -0.3 is 9.47 Å². The first-order valence-electron chi connectivity index (χ1n) is 8.40. The quantitative estimate of drug-likeness (QED) is 0.682. The van der Waals surface area contributed by atoms with Crippen molar-refractivity contribution in [3.8, 4) is 12.1 Å². The minimum absolute atomic E-state index is 0.140. The summed E-state index contributed by atoms with van der Waals surface area (Å²) in [5.74, 6) is -0.311. The predicted octanol–water partition coefficient (Wildman–Crippen LogP) is 3.51. The van der Waals surface area contributed by atoms with Crippen LogP contribution in [0.1, 0.15) is 35.6 Å². The molecule has 0 bridgehead atoms. The Bertz CT molecular complexity index is 816. The number of carbonyl (C=O) groups is 1. The number of nitriles is 2. The molecule has 0 aromatic heterocycles. The highest BCUT2D eigenvalue weighted by atomic mass is 16.5. The van der Waals surface area contributed by atoms with E-state index in [0.29, 0.717) is 30.8 Å². The van der Waals surface area contributed by atoms with Gasteiger partial charge in [-0.15, -0.1) is 0 Å². The Labute approximate surface area is 153 Å². The number of rotatable bonds is 8. The van der Waals surface area contributed by atoms with Gasteiger partial charge in [-0.2, -0.15) is 10.5 Å². The molecule has 0 N–H and O–H groups in total. The van der Waals surface area contributed by atoms with E-state index in [4.69, 9.17) is 20.0 Å². The number of nitrogens with zero attached hydrogens (tertiary/aromatic N) is 2. The normalized spacial score (nSPS) is 11.2. The topological polar surface area (TPSA) is 83.1 Å². The summed E-state index contributed by atoms with van der Waals surface area (Å²) in [6.07, 6.45) is 0.282. The molecule has 1 unspecified atom stereocenters. The van der Waals surface area contributed by atoms with Gasteiger partial charge in [-0.1, -0.05) is 24.3 Å². The molecule has 0 radical (unpaired) electrons. The molecular formula is C21H20N2O3. The molecule has 2 aromatic rings. The van der Waals surface area contributed by atoms with Gasteiger partial charge in [0.15, 0.2) is 0 Å². The standard InChI is InChI=1S/C21H20N2O3/c1-2-25-21(24)12-20(11-18-4-3-5-19(10-18)14-23)26-15-17-8-6-16(13-22)7-9-17/h3-10,20H,2,11-12,15H2,1H3. The highest BCUT2D eigenvalue weighted by molar-refractivity contribution is 5.70. The lowest BCUT2D eigenvalue weighted by atomic mass is 10.0. The van der Waals surface area contributed by atoms with Crippen LogP contribution in [0.25, 0.3) is 0 Å². The van der Waals surface area contributed by atoms with Crippen LogP contribution in [0.2, 0.25) is 0 Å². The Morgan fingerprint density at radius 2 is 1.77 bits per heavy atom. The average molecular weight is 348 g/mol. The fourth-order valence-electron chi connectivity index (χ4n) is 2.52. The molecule has 132 valence electrons. The zero-order chi connectivity index (χ0) is 18.8. The molecule has 2 rings (SSSR count). The molecule has 0 aliphatic carbocycles. The number of ether oxygens (including phenoxy) is 2. The van der Waals surface area contributed by atoms with Gasteiger partial charge in [-0.3, -0.25) is 4.79 Å². The zero-order valence-corrected chi connectivity index (χ0v) is 14.6. The second-order valence-electron chi connectivity index (χ2n) is 5.77. The summed E-state index contributed by atoms with van der Waals surface area (Å²) in [7, 11) is 0. The predicted molar refractivity (Wildman–Crippen MR) is 95.8 cm³/mol. The van der Waals surface area contributed by atoms with Gasteiger partial charge in [-0.05, 0) is 48.7 Å². The molecule has 0 aliphatic rings. The van der Waals surface area contributed by atoms with Crippen molar-refractivity contribution in [1.82, 2.24) is 0 Å². The minimum Gasteiger partial charge on any atom is -0.466 e. The summed E-state index contributed by atoms with van der Waals surface area (Å²) in [5.41, 5.74) is 3.01. The van der Waals surface area contributed by atoms with E-state index in [2.05, 4.69) is 12.1 Å². The van der Waals surface area contributed by atoms with E-state index in [9.17, 15) is 4.79 Å². The molecular weight excluding hydrogens is 328 g/mol. The highest BCUT2D eigenvalue weighted by Gasteiger charge is 2.17. The van der Waals surface area contributed by atoms with Crippen molar-refractivity contribution in [2.24, 2.45) is 0 Å². The Morgan fingerprint density at radius 3 is 2.42 bits per heavy atom. The Kier molecular flexibility index (Phi) is 7.36. The number of carbonyl (C=O) groups excluding carboxylic acids is 1. The van der Waals surface area contributed by atoms with Gasteiger partial charge in [0.05, 0.1) is 49.0 Å². The van der Waals surface area contributed by atoms with Gasteiger partial charge in [-0.25, -0.2) is 0 Å². The summed E-state index contributed by atoms with van der Waals surface area (Å²) in [6.45, 7) is 2.42. The van der Waals surface area contributed by atoms with Crippen LogP contribution in [-0.2, 0) is 27.3 Å². The van der Waals surface area contributed by atoms with Crippen LogP contribution in [0.5, 0.6) is 0 Å². The van der Waals surface area contributed by atoms with Crippen molar-refractivity contribution in [1.29, 1.82) is 10.5 Å². The maximum Gasteiger partial charge on any atom is 0.308 e. The molecule has 0 amide bonds. The minimum atomic E-state index is -0.362. The lowest BCUT2D eigenvalue weighted by Gasteiger charge is -2.18. The van der Waals surface area contributed by atoms with Crippen LogP contribution in [0, 0.1) is 22.7 Å². The van der Waals surface area contributed by atoms with Gasteiger partial charge in [0.25, 0.3) is 0 Å². The number of benzene rings is 2. The van der Waals surface area contributed by atoms with Crippen molar-refractivity contribution >= 4 is 5.97 Å². The van der Waals surface area contributed by atoms with Gasteiger partial charge in [0, 0.05) is 0 Å². The van der Waals surface area contributed by atoms with Crippen molar-refractivity contribution < 1.29 is 14.3 Å². The second-order valence-corrected chi connectivity index (χ2v) is 5.77. The van der Waals surface area contributed by atoms with E-state index in [1.807, 2.05) is 24.3 Å². The molecule has 1 atom stereocenters. The first-order valence-corrected chi connectivity index (χ1v) is 8.40. The van der Waals surface area contributed by atoms with E-state index >= 15 is 0 Å². The van der Waals surface area contributed by atoms with Gasteiger partial charge >= 0.3 is 5.97 Å². The van der Waals surface area contributed by atoms with E-state index in [-0.39, 0.29) is 18.5 Å². The van der Waals surface area contributed by atoms with Gasteiger partial charge in [0.1, 0.15) is 0 Å². The number of hydrogen-bond donors (Lipinski definition) is 0. The van der Waals surface area contributed by atoms with Crippen LogP contribution < -0.4 is 0 Å². The maximum atomic E-state index is 11.9. The number of esters is 1. The van der Waals surface area contributed by atoms with E-state index < -0.39 is 0 Å². The lowest BCUT2D eigenvalue weighted by Crippen LogP contribution is -2.22. The third-order valence-corrected chi connectivity index (χ3v) is 3.79. The van der Waals surface area contributed by atoms with Crippen molar-refractivity contribution in [3.63, 3.8) is 0 Å². The zero-order valence-electron chi connectivity index (χ0n) is 14.6. The summed E-state index contributed by atoms with van der Waals surface area (Å²) < 4.78 is 11.0. The number of hydrogen-bond acceptors (Lipinski definition) is 5. The third kappa shape index (κ3) is 6.05. The monoisotopic (exact) mass is 348 g/mol. The molecule has 0 saturated heterocycles. The summed E-state index contributed by atoms with van der Waals surface area (Å²) in [5, 5.41) is 17.9. The van der Waals surface area contributed by atoms with Crippen molar-refractivity contribution in [2.45, 2.75) is 32.5 Å². The van der Waals surface area contributed by atoms with E-state index in [1.165, 1.54) is 0 Å². The highest BCUT2D eigenvalue weighted by Crippen LogP contribution is 2.15. The fraction of sp³-hybridized carbons (Fsp3) is 0.286. The molecule has 0 saturated carbocycles. The van der Waals surface area contributed by atoms with Gasteiger partial charge in [0.2, 0.25) is 0 Å². The first-order chi connectivity index (χ1) is 12.6. The maximum absolute atomic E-state index is 11.9. The van der Waals surface area contributed by atoms with E-state index in [0.717, 1.165) is 11.1 Å². The molecule has 0 aliphatic heterocycles. The van der Waals surface area contributed by atoms with Crippen molar-refractivity contribution in [3.05, 3.63) is 70.8 Å². The van der Waals surface area contributed by atoms with Crippen LogP contribution in [0.4, 0.5) is 0 Å². The smallest absolute Gasteiger partial charge is 0.308 e. The molecule has 5 heteroatoms. The van der Waals surface area contributed by atoms with Crippen LogP contribution in [-0.4, -0.2) is 18.7 Å². The lowest BCUT2D eigenvalue weighted by molar-refractivity contribution is -0.146. The molecule has 2 aromatic carbocycles. The van der Waals surface area contributed by atoms with E-state index in [1.54, 1.807) is 31.2 Å². The Hall–Kier alpha value is -3.15. The SMILES string of the molecule is CCOC(=O)CC(Cc1cccc(C#N)c1)OCc1ccc(C#N)cc1. The van der Waals surface area contributed by atoms with Crippen molar-refractivity contribution in [2.75, 3.05) is 6.61 Å². The summed E-state index contributed by atoms with van der Waals surface area (Å²) >= 11 is 0. The van der Waals surface area contributed by atoms with Crippen LogP contribution in [0.3, 0.4) is 0 Å². The molecule has 0 fully saturated rings. The Balaban J connectivity index is 2.05. The first kappa shape index (κ1) is 19.2. The molecule has 0 heterocycles. The largest absolute Gasteiger partial charge is 0.466 e. The van der Waals surface area contributed by atoms with Crippen LogP contribution >= 0.6 is 0 Å². The molecule has 0 spiro atoms. The Morgan fingerprint density at radius 1 is 1.04 bits per heavy atom. The summed E-state index contributed by atoms with van der Waals surface area (Å²) in [4.78, 5) is 11.9. The van der Waals surface area contributed by atoms with Crippen LogP contribution in [0.15, 0.2) is 48.5 Å². The molecule has 5 nitrogen and oxygen atoms in total. The fourth-order valence-corrected chi connectivity index (χ4v) is 2.52. The third-order valence-electron chi connectivity index (χ3n) is 3.79. The average Bonchev–Trinajstić information content (AvgIpc) is 2.67. The summed E-state index contributed by atoms with van der Waals surface area (Å²) in [6, 6.07) is 18.6.